The SMILES string of the molecule is COC(=O)c1ncn(C(C)c2ccccc2)c1C(C)C. The Kier molecular flexibility index (Phi) is 4.23. The van der Waals surface area contributed by atoms with Gasteiger partial charge in [0.1, 0.15) is 0 Å². The van der Waals surface area contributed by atoms with Crippen molar-refractivity contribution in [2.45, 2.75) is 32.7 Å². The van der Waals surface area contributed by atoms with E-state index in [-0.39, 0.29) is 17.9 Å². The molecule has 1 atom stereocenters. The predicted octanol–water partition coefficient (Wildman–Crippen LogP) is 3.40. The zero-order valence-corrected chi connectivity index (χ0v) is 12.3. The maximum Gasteiger partial charge on any atom is 0.358 e. The van der Waals surface area contributed by atoms with Crippen LogP contribution in [0.1, 0.15) is 54.5 Å². The average molecular weight is 272 g/mol. The summed E-state index contributed by atoms with van der Waals surface area (Å²) in [5.74, 6) is -0.189. The highest BCUT2D eigenvalue weighted by Gasteiger charge is 2.23. The van der Waals surface area contributed by atoms with Crippen molar-refractivity contribution in [1.82, 2.24) is 9.55 Å². The van der Waals surface area contributed by atoms with Gasteiger partial charge in [-0.1, -0.05) is 44.2 Å². The molecule has 0 saturated heterocycles. The zero-order chi connectivity index (χ0) is 14.7. The predicted molar refractivity (Wildman–Crippen MR) is 77.9 cm³/mol. The first-order valence-electron chi connectivity index (χ1n) is 6.76. The van der Waals surface area contributed by atoms with Crippen molar-refractivity contribution in [1.29, 1.82) is 0 Å². The van der Waals surface area contributed by atoms with Gasteiger partial charge in [-0.15, -0.1) is 0 Å². The lowest BCUT2D eigenvalue weighted by atomic mass is 10.0. The van der Waals surface area contributed by atoms with Crippen LogP contribution < -0.4 is 0 Å². The van der Waals surface area contributed by atoms with E-state index in [4.69, 9.17) is 4.74 Å². The van der Waals surface area contributed by atoms with Crippen LogP contribution in [0.25, 0.3) is 0 Å². The molecule has 0 bridgehead atoms. The van der Waals surface area contributed by atoms with E-state index in [0.717, 1.165) is 5.69 Å². The first-order valence-corrected chi connectivity index (χ1v) is 6.76. The third-order valence-electron chi connectivity index (χ3n) is 3.46. The number of methoxy groups -OCH3 is 1. The monoisotopic (exact) mass is 272 g/mol. The Morgan fingerprint density at radius 3 is 2.40 bits per heavy atom. The molecule has 4 heteroatoms. The molecule has 0 aliphatic heterocycles. The van der Waals surface area contributed by atoms with Crippen LogP contribution in [0.4, 0.5) is 0 Å². The van der Waals surface area contributed by atoms with E-state index in [1.807, 2.05) is 22.8 Å². The summed E-state index contributed by atoms with van der Waals surface area (Å²) in [5, 5.41) is 0. The van der Waals surface area contributed by atoms with E-state index in [0.29, 0.717) is 5.69 Å². The number of carbonyl (C=O) groups excluding carboxylic acids is 1. The summed E-state index contributed by atoms with van der Waals surface area (Å²) < 4.78 is 6.86. The van der Waals surface area contributed by atoms with Gasteiger partial charge in [-0.2, -0.15) is 0 Å². The highest BCUT2D eigenvalue weighted by atomic mass is 16.5. The summed E-state index contributed by atoms with van der Waals surface area (Å²) >= 11 is 0. The molecule has 0 aliphatic carbocycles. The van der Waals surface area contributed by atoms with Crippen molar-refractivity contribution in [2.75, 3.05) is 7.11 Å². The average Bonchev–Trinajstić information content (AvgIpc) is 2.91. The second-order valence-corrected chi connectivity index (χ2v) is 5.12. The molecule has 0 spiro atoms. The summed E-state index contributed by atoms with van der Waals surface area (Å²) in [6, 6.07) is 10.3. The van der Waals surface area contributed by atoms with Crippen LogP contribution >= 0.6 is 0 Å². The van der Waals surface area contributed by atoms with Crippen LogP contribution in [0.5, 0.6) is 0 Å². The van der Waals surface area contributed by atoms with Gasteiger partial charge in [0.2, 0.25) is 0 Å². The topological polar surface area (TPSA) is 44.1 Å². The Hall–Kier alpha value is -2.10. The first kappa shape index (κ1) is 14.3. The number of aromatic nitrogens is 2. The number of benzene rings is 1. The van der Waals surface area contributed by atoms with E-state index >= 15 is 0 Å². The van der Waals surface area contributed by atoms with Gasteiger partial charge < -0.3 is 9.30 Å². The molecule has 0 amide bonds. The molecule has 20 heavy (non-hydrogen) atoms. The Morgan fingerprint density at radius 2 is 1.85 bits per heavy atom. The van der Waals surface area contributed by atoms with Gasteiger partial charge in [-0.3, -0.25) is 0 Å². The summed E-state index contributed by atoms with van der Waals surface area (Å²) in [6.45, 7) is 6.21. The minimum Gasteiger partial charge on any atom is -0.464 e. The minimum atomic E-state index is -0.382. The molecule has 0 saturated carbocycles. The van der Waals surface area contributed by atoms with Gasteiger partial charge in [-0.05, 0) is 18.4 Å². The quantitative estimate of drug-likeness (QED) is 0.801. The fourth-order valence-electron chi connectivity index (χ4n) is 2.40. The van der Waals surface area contributed by atoms with Crippen LogP contribution in [-0.2, 0) is 4.74 Å². The van der Waals surface area contributed by atoms with E-state index < -0.39 is 0 Å². The van der Waals surface area contributed by atoms with Crippen LogP contribution in [0.3, 0.4) is 0 Å². The van der Waals surface area contributed by atoms with E-state index in [1.54, 1.807) is 6.33 Å². The van der Waals surface area contributed by atoms with E-state index in [1.165, 1.54) is 12.7 Å². The summed E-state index contributed by atoms with van der Waals surface area (Å²) in [4.78, 5) is 16.1. The number of rotatable bonds is 4. The molecule has 0 radical (unpaired) electrons. The molecular formula is C16H20N2O2. The summed E-state index contributed by atoms with van der Waals surface area (Å²) in [5.41, 5.74) is 2.50. The van der Waals surface area contributed by atoms with Gasteiger partial charge >= 0.3 is 5.97 Å². The van der Waals surface area contributed by atoms with E-state index in [2.05, 4.69) is 37.9 Å². The number of carbonyl (C=O) groups is 1. The second-order valence-electron chi connectivity index (χ2n) is 5.12. The van der Waals surface area contributed by atoms with Crippen LogP contribution in [0.15, 0.2) is 36.7 Å². The Balaban J connectivity index is 2.47. The van der Waals surface area contributed by atoms with Crippen LogP contribution in [0, 0.1) is 0 Å². The second kappa shape index (κ2) is 5.90. The van der Waals surface area contributed by atoms with Gasteiger partial charge in [0.25, 0.3) is 0 Å². The molecule has 1 aromatic heterocycles. The van der Waals surface area contributed by atoms with Crippen molar-refractivity contribution in [2.24, 2.45) is 0 Å². The molecule has 0 N–H and O–H groups in total. The number of esters is 1. The Morgan fingerprint density at radius 1 is 1.20 bits per heavy atom. The van der Waals surface area contributed by atoms with Crippen molar-refractivity contribution < 1.29 is 9.53 Å². The lowest BCUT2D eigenvalue weighted by Crippen LogP contribution is -2.14. The Labute approximate surface area is 119 Å². The number of hydrogen-bond acceptors (Lipinski definition) is 3. The van der Waals surface area contributed by atoms with Gasteiger partial charge in [0, 0.05) is 0 Å². The molecule has 1 heterocycles. The van der Waals surface area contributed by atoms with Crippen molar-refractivity contribution in [3.63, 3.8) is 0 Å². The normalized spacial score (nSPS) is 12.4. The highest BCUT2D eigenvalue weighted by Crippen LogP contribution is 2.26. The first-order chi connectivity index (χ1) is 9.56. The summed E-state index contributed by atoms with van der Waals surface area (Å²) in [6.07, 6.45) is 1.72. The molecule has 0 fully saturated rings. The largest absolute Gasteiger partial charge is 0.464 e. The maximum atomic E-state index is 11.8. The molecule has 1 aromatic carbocycles. The third kappa shape index (κ3) is 2.59. The maximum absolute atomic E-state index is 11.8. The highest BCUT2D eigenvalue weighted by molar-refractivity contribution is 5.88. The Bertz CT molecular complexity index is 588. The molecule has 4 nitrogen and oxygen atoms in total. The molecule has 106 valence electrons. The summed E-state index contributed by atoms with van der Waals surface area (Å²) in [7, 11) is 1.38. The minimum absolute atomic E-state index is 0.125. The van der Waals surface area contributed by atoms with Crippen molar-refractivity contribution in [3.8, 4) is 0 Å². The number of ether oxygens (including phenoxy) is 1. The van der Waals surface area contributed by atoms with Crippen molar-refractivity contribution >= 4 is 5.97 Å². The third-order valence-corrected chi connectivity index (χ3v) is 3.46. The molecule has 2 aromatic rings. The molecule has 2 rings (SSSR count). The fraction of sp³-hybridized carbons (Fsp3) is 0.375. The molecule has 1 unspecified atom stereocenters. The van der Waals surface area contributed by atoms with Gasteiger partial charge in [0.05, 0.1) is 25.2 Å². The number of imidazole rings is 1. The van der Waals surface area contributed by atoms with Crippen LogP contribution in [0.2, 0.25) is 0 Å². The smallest absolute Gasteiger partial charge is 0.358 e. The van der Waals surface area contributed by atoms with E-state index in [9.17, 15) is 4.79 Å². The van der Waals surface area contributed by atoms with Crippen LogP contribution in [-0.4, -0.2) is 22.6 Å². The fourth-order valence-corrected chi connectivity index (χ4v) is 2.40. The van der Waals surface area contributed by atoms with Gasteiger partial charge in [0.15, 0.2) is 5.69 Å². The molecule has 0 aliphatic rings. The lowest BCUT2D eigenvalue weighted by Gasteiger charge is -2.19. The lowest BCUT2D eigenvalue weighted by molar-refractivity contribution is 0.0592. The standard InChI is InChI=1S/C16H20N2O2/c1-11(2)15-14(16(19)20-4)17-10-18(15)12(3)13-8-6-5-7-9-13/h5-12H,1-4H3. The van der Waals surface area contributed by atoms with Crippen molar-refractivity contribution in [3.05, 3.63) is 53.6 Å². The zero-order valence-electron chi connectivity index (χ0n) is 12.3. The number of hydrogen-bond donors (Lipinski definition) is 0. The van der Waals surface area contributed by atoms with Gasteiger partial charge in [-0.25, -0.2) is 9.78 Å². The molecular weight excluding hydrogens is 252 g/mol. The number of nitrogens with zero attached hydrogens (tertiary/aromatic N) is 2.